The van der Waals surface area contributed by atoms with E-state index in [1.807, 2.05) is 13.8 Å². The van der Waals surface area contributed by atoms with Crippen LogP contribution in [0.1, 0.15) is 31.5 Å². The van der Waals surface area contributed by atoms with Crippen molar-refractivity contribution in [2.45, 2.75) is 32.9 Å². The Bertz CT molecular complexity index is 657. The largest absolute Gasteiger partial charge is 0.338 e. The van der Waals surface area contributed by atoms with Gasteiger partial charge in [-0.15, -0.1) is 0 Å². The fourth-order valence-corrected chi connectivity index (χ4v) is 2.45. The highest BCUT2D eigenvalue weighted by atomic mass is 16.5. The molecule has 7 heteroatoms. The maximum absolute atomic E-state index is 11.6. The lowest BCUT2D eigenvalue weighted by atomic mass is 10.0. The van der Waals surface area contributed by atoms with E-state index in [2.05, 4.69) is 20.1 Å². The summed E-state index contributed by atoms with van der Waals surface area (Å²) < 4.78 is 6.75. The summed E-state index contributed by atoms with van der Waals surface area (Å²) in [6.45, 7) is 7.26. The Balaban J connectivity index is 1.49. The van der Waals surface area contributed by atoms with Gasteiger partial charge in [0.05, 0.1) is 13.1 Å². The summed E-state index contributed by atoms with van der Waals surface area (Å²) >= 11 is 0. The van der Waals surface area contributed by atoms with Crippen molar-refractivity contribution in [2.75, 3.05) is 13.1 Å². The van der Waals surface area contributed by atoms with Crippen LogP contribution in [0.25, 0.3) is 0 Å². The van der Waals surface area contributed by atoms with Crippen LogP contribution in [-0.2, 0) is 13.1 Å². The van der Waals surface area contributed by atoms with Crippen molar-refractivity contribution in [1.82, 2.24) is 24.8 Å². The first-order chi connectivity index (χ1) is 10.1. The monoisotopic (exact) mass is 289 g/mol. The van der Waals surface area contributed by atoms with Crippen LogP contribution in [0.4, 0.5) is 0 Å². The Morgan fingerprint density at radius 1 is 1.43 bits per heavy atom. The summed E-state index contributed by atoms with van der Waals surface area (Å²) in [5.74, 6) is 2.14. The minimum absolute atomic E-state index is 0.0468. The average Bonchev–Trinajstić information content (AvgIpc) is 2.87. The second kappa shape index (κ2) is 5.77. The lowest BCUT2D eigenvalue weighted by Gasteiger charge is -2.38. The predicted molar refractivity (Wildman–Crippen MR) is 75.7 cm³/mol. The van der Waals surface area contributed by atoms with E-state index in [0.717, 1.165) is 18.9 Å². The molecule has 0 spiro atoms. The van der Waals surface area contributed by atoms with Crippen molar-refractivity contribution < 1.29 is 4.52 Å². The first-order valence-electron chi connectivity index (χ1n) is 7.19. The smallest absolute Gasteiger partial charge is 0.266 e. The molecule has 3 heterocycles. The third-order valence-electron chi connectivity index (χ3n) is 3.61. The highest BCUT2D eigenvalue weighted by Crippen LogP contribution is 2.19. The van der Waals surface area contributed by atoms with Crippen LogP contribution >= 0.6 is 0 Å². The van der Waals surface area contributed by atoms with Crippen molar-refractivity contribution >= 4 is 0 Å². The highest BCUT2D eigenvalue weighted by Gasteiger charge is 2.28. The second-order valence-electron chi connectivity index (χ2n) is 5.81. The summed E-state index contributed by atoms with van der Waals surface area (Å²) in [7, 11) is 0. The molecule has 0 bridgehead atoms. The molecule has 1 fully saturated rings. The van der Waals surface area contributed by atoms with Crippen molar-refractivity contribution in [3.05, 3.63) is 40.4 Å². The summed E-state index contributed by atoms with van der Waals surface area (Å²) in [6, 6.07) is 3.20. The fraction of sp³-hybridized carbons (Fsp3) is 0.571. The van der Waals surface area contributed by atoms with E-state index in [-0.39, 0.29) is 11.5 Å². The van der Waals surface area contributed by atoms with Gasteiger partial charge in [0.25, 0.3) is 5.56 Å². The molecule has 0 unspecified atom stereocenters. The Morgan fingerprint density at radius 2 is 2.24 bits per heavy atom. The number of likely N-dealkylation sites (tertiary alicyclic amines) is 1. The Labute approximate surface area is 122 Å². The maximum Gasteiger partial charge on any atom is 0.266 e. The van der Waals surface area contributed by atoms with Gasteiger partial charge in [-0.05, 0) is 6.07 Å². The minimum atomic E-state index is -0.0468. The molecule has 0 saturated carbocycles. The van der Waals surface area contributed by atoms with Gasteiger partial charge in [0.2, 0.25) is 5.89 Å². The van der Waals surface area contributed by atoms with Crippen LogP contribution in [0, 0.1) is 5.92 Å². The average molecular weight is 289 g/mol. The number of hydrogen-bond donors (Lipinski definition) is 0. The van der Waals surface area contributed by atoms with Gasteiger partial charge in [0.1, 0.15) is 0 Å². The van der Waals surface area contributed by atoms with Gasteiger partial charge in [0.15, 0.2) is 5.82 Å². The van der Waals surface area contributed by atoms with E-state index in [1.54, 1.807) is 12.3 Å². The zero-order valence-electron chi connectivity index (χ0n) is 12.3. The molecule has 0 aliphatic carbocycles. The molecule has 7 nitrogen and oxygen atoms in total. The Hall–Kier alpha value is -2.02. The molecule has 1 saturated heterocycles. The molecule has 112 valence electrons. The van der Waals surface area contributed by atoms with Gasteiger partial charge < -0.3 is 4.52 Å². The third kappa shape index (κ3) is 3.18. The van der Waals surface area contributed by atoms with Gasteiger partial charge in [-0.25, -0.2) is 4.68 Å². The van der Waals surface area contributed by atoms with Crippen LogP contribution in [0.2, 0.25) is 0 Å². The molecule has 0 N–H and O–H groups in total. The third-order valence-corrected chi connectivity index (χ3v) is 3.61. The zero-order valence-corrected chi connectivity index (χ0v) is 12.3. The van der Waals surface area contributed by atoms with E-state index in [0.29, 0.717) is 24.9 Å². The molecule has 0 atom stereocenters. The maximum atomic E-state index is 11.6. The molecule has 0 amide bonds. The normalized spacial score (nSPS) is 16.3. The van der Waals surface area contributed by atoms with Crippen LogP contribution in [0.3, 0.4) is 0 Å². The van der Waals surface area contributed by atoms with E-state index in [1.165, 1.54) is 10.7 Å². The first kappa shape index (κ1) is 13.9. The van der Waals surface area contributed by atoms with Crippen LogP contribution in [0.5, 0.6) is 0 Å². The van der Waals surface area contributed by atoms with Gasteiger partial charge in [0, 0.05) is 37.2 Å². The highest BCUT2D eigenvalue weighted by molar-refractivity contribution is 4.93. The van der Waals surface area contributed by atoms with Crippen molar-refractivity contribution in [2.24, 2.45) is 5.92 Å². The summed E-state index contributed by atoms with van der Waals surface area (Å²) in [5.41, 5.74) is -0.0468. The van der Waals surface area contributed by atoms with Crippen molar-refractivity contribution in [3.8, 4) is 0 Å². The van der Waals surface area contributed by atoms with Crippen LogP contribution in [-0.4, -0.2) is 37.9 Å². The topological polar surface area (TPSA) is 77.0 Å². The molecule has 1 aliphatic rings. The second-order valence-corrected chi connectivity index (χ2v) is 5.81. The van der Waals surface area contributed by atoms with Crippen LogP contribution in [0.15, 0.2) is 27.6 Å². The van der Waals surface area contributed by atoms with E-state index >= 15 is 0 Å². The Morgan fingerprint density at radius 3 is 2.90 bits per heavy atom. The van der Waals surface area contributed by atoms with Gasteiger partial charge in [-0.3, -0.25) is 9.69 Å². The number of hydrogen-bond acceptors (Lipinski definition) is 6. The first-order valence-corrected chi connectivity index (χ1v) is 7.19. The molecular formula is C14H19N5O2. The molecule has 0 radical (unpaired) electrons. The minimum Gasteiger partial charge on any atom is -0.338 e. The lowest BCUT2D eigenvalue weighted by molar-refractivity contribution is 0.0659. The number of aromatic nitrogens is 4. The van der Waals surface area contributed by atoms with Gasteiger partial charge in [-0.2, -0.15) is 10.1 Å². The molecule has 0 aromatic carbocycles. The standard InChI is InChI=1S/C14H19N5O2/c1-10(2)14-16-12(21-17-14)9-18-6-11(7-18)8-19-13(20)4-3-5-15-19/h3-5,10-11H,6-9H2,1-2H3. The molecule has 2 aromatic rings. The SMILES string of the molecule is CC(C)c1noc(CN2CC(Cn3ncccc3=O)C2)n1. The predicted octanol–water partition coefficient (Wildman–Crippen LogP) is 0.882. The van der Waals surface area contributed by atoms with E-state index in [4.69, 9.17) is 4.52 Å². The number of nitrogens with zero attached hydrogens (tertiary/aromatic N) is 5. The lowest BCUT2D eigenvalue weighted by Crippen LogP contribution is -2.48. The van der Waals surface area contributed by atoms with E-state index in [9.17, 15) is 4.79 Å². The van der Waals surface area contributed by atoms with Gasteiger partial charge in [-0.1, -0.05) is 19.0 Å². The van der Waals surface area contributed by atoms with Crippen LogP contribution < -0.4 is 5.56 Å². The van der Waals surface area contributed by atoms with Gasteiger partial charge >= 0.3 is 0 Å². The zero-order chi connectivity index (χ0) is 14.8. The molecular weight excluding hydrogens is 270 g/mol. The number of rotatable bonds is 5. The summed E-state index contributed by atoms with van der Waals surface area (Å²) in [4.78, 5) is 18.2. The van der Waals surface area contributed by atoms with Crippen molar-refractivity contribution in [1.29, 1.82) is 0 Å². The molecule has 21 heavy (non-hydrogen) atoms. The van der Waals surface area contributed by atoms with E-state index < -0.39 is 0 Å². The van der Waals surface area contributed by atoms with Crippen molar-refractivity contribution in [3.63, 3.8) is 0 Å². The summed E-state index contributed by atoms with van der Waals surface area (Å²) in [5, 5.41) is 8.03. The molecule has 2 aromatic heterocycles. The molecule has 1 aliphatic heterocycles. The summed E-state index contributed by atoms with van der Waals surface area (Å²) in [6.07, 6.45) is 1.64. The Kier molecular flexibility index (Phi) is 3.83. The fourth-order valence-electron chi connectivity index (χ4n) is 2.45. The quantitative estimate of drug-likeness (QED) is 0.813. The molecule has 3 rings (SSSR count).